The number of halogens is 1. The van der Waals surface area contributed by atoms with E-state index in [-0.39, 0.29) is 0 Å². The molecule has 5 nitrogen and oxygen atoms in total. The molecule has 0 spiro atoms. The standard InChI is InChI=1S/C12H14BrN3O2S3/c1-9-8-10(20-11(9)13)21(17,18)16-5-3-15(4-6-16)12-14-2-7-19-12/h2,7-8H,3-6H2,1H3. The summed E-state index contributed by atoms with van der Waals surface area (Å²) < 4.78 is 28.1. The van der Waals surface area contributed by atoms with Gasteiger partial charge in [-0.3, -0.25) is 0 Å². The number of hydrogen-bond donors (Lipinski definition) is 0. The Bertz CT molecular complexity index is 700. The average molecular weight is 408 g/mol. The molecule has 1 saturated heterocycles. The SMILES string of the molecule is Cc1cc(S(=O)(=O)N2CCN(c3nccs3)CC2)sc1Br. The van der Waals surface area contributed by atoms with Crippen LogP contribution in [0.2, 0.25) is 0 Å². The van der Waals surface area contributed by atoms with E-state index in [0.717, 1.165) is 14.5 Å². The van der Waals surface area contributed by atoms with Gasteiger partial charge in [-0.2, -0.15) is 4.31 Å². The maximum atomic E-state index is 12.6. The molecule has 21 heavy (non-hydrogen) atoms. The first kappa shape index (κ1) is 15.4. The molecular weight excluding hydrogens is 394 g/mol. The molecule has 0 amide bonds. The third-order valence-electron chi connectivity index (χ3n) is 3.36. The summed E-state index contributed by atoms with van der Waals surface area (Å²) in [7, 11) is -3.38. The number of thiazole rings is 1. The Hall–Kier alpha value is -0.480. The zero-order valence-electron chi connectivity index (χ0n) is 11.3. The van der Waals surface area contributed by atoms with Crippen LogP contribution >= 0.6 is 38.6 Å². The van der Waals surface area contributed by atoms with E-state index < -0.39 is 10.0 Å². The maximum absolute atomic E-state index is 12.6. The first-order valence-corrected chi connectivity index (χ1v) is 10.3. The highest BCUT2D eigenvalue weighted by Gasteiger charge is 2.30. The van der Waals surface area contributed by atoms with Crippen molar-refractivity contribution in [3.8, 4) is 0 Å². The minimum atomic E-state index is -3.38. The summed E-state index contributed by atoms with van der Waals surface area (Å²) in [5.74, 6) is 0. The zero-order chi connectivity index (χ0) is 15.0. The molecular formula is C12H14BrN3O2S3. The summed E-state index contributed by atoms with van der Waals surface area (Å²) in [6, 6.07) is 1.73. The van der Waals surface area contributed by atoms with Gasteiger partial charge in [0, 0.05) is 37.8 Å². The summed E-state index contributed by atoms with van der Waals surface area (Å²) in [6.45, 7) is 4.25. The fourth-order valence-electron chi connectivity index (χ4n) is 2.18. The predicted molar refractivity (Wildman–Crippen MR) is 89.8 cm³/mol. The quantitative estimate of drug-likeness (QED) is 0.784. The van der Waals surface area contributed by atoms with E-state index in [1.807, 2.05) is 12.3 Å². The Morgan fingerprint density at radius 1 is 1.29 bits per heavy atom. The molecule has 3 heterocycles. The van der Waals surface area contributed by atoms with Crippen molar-refractivity contribution < 1.29 is 8.42 Å². The Morgan fingerprint density at radius 3 is 2.52 bits per heavy atom. The molecule has 2 aromatic heterocycles. The van der Waals surface area contributed by atoms with Crippen molar-refractivity contribution >= 4 is 53.8 Å². The van der Waals surface area contributed by atoms with Gasteiger partial charge in [0.15, 0.2) is 5.13 Å². The first-order chi connectivity index (χ1) is 9.98. The summed E-state index contributed by atoms with van der Waals surface area (Å²) >= 11 is 6.25. The van der Waals surface area contributed by atoms with Crippen LogP contribution in [-0.4, -0.2) is 43.9 Å². The number of nitrogens with zero attached hydrogens (tertiary/aromatic N) is 3. The predicted octanol–water partition coefficient (Wildman–Crippen LogP) is 2.79. The van der Waals surface area contributed by atoms with Gasteiger partial charge in [0.05, 0.1) is 3.79 Å². The second kappa shape index (κ2) is 5.96. The van der Waals surface area contributed by atoms with Gasteiger partial charge < -0.3 is 4.90 Å². The normalized spacial score (nSPS) is 17.3. The molecule has 0 saturated carbocycles. The lowest BCUT2D eigenvalue weighted by atomic mass is 10.4. The lowest BCUT2D eigenvalue weighted by Gasteiger charge is -2.33. The number of thiophene rings is 1. The number of piperazine rings is 1. The van der Waals surface area contributed by atoms with E-state index in [1.54, 1.807) is 27.9 Å². The summed E-state index contributed by atoms with van der Waals surface area (Å²) in [6.07, 6.45) is 1.77. The van der Waals surface area contributed by atoms with Gasteiger partial charge in [-0.1, -0.05) is 0 Å². The largest absolute Gasteiger partial charge is 0.345 e. The van der Waals surface area contributed by atoms with Crippen LogP contribution in [0.1, 0.15) is 5.56 Å². The number of anilines is 1. The van der Waals surface area contributed by atoms with Gasteiger partial charge in [-0.25, -0.2) is 13.4 Å². The van der Waals surface area contributed by atoms with Crippen LogP contribution in [0.15, 0.2) is 25.6 Å². The molecule has 3 rings (SSSR count). The number of sulfonamides is 1. The number of aryl methyl sites for hydroxylation is 1. The minimum Gasteiger partial charge on any atom is -0.345 e. The summed E-state index contributed by atoms with van der Waals surface area (Å²) in [4.78, 5) is 6.40. The number of hydrogen-bond acceptors (Lipinski definition) is 6. The molecule has 0 aliphatic carbocycles. The minimum absolute atomic E-state index is 0.412. The Labute approximate surface area is 140 Å². The lowest BCUT2D eigenvalue weighted by molar-refractivity contribution is 0.385. The second-order valence-corrected chi connectivity index (χ2v) is 10.1. The highest BCUT2D eigenvalue weighted by atomic mass is 79.9. The van der Waals surface area contributed by atoms with E-state index in [9.17, 15) is 8.42 Å². The third-order valence-corrected chi connectivity index (χ3v) is 8.67. The Balaban J connectivity index is 1.74. The monoisotopic (exact) mass is 407 g/mol. The van der Waals surface area contributed by atoms with Crippen LogP contribution in [0.25, 0.3) is 0 Å². The van der Waals surface area contributed by atoms with Crippen molar-refractivity contribution in [2.75, 3.05) is 31.1 Å². The lowest BCUT2D eigenvalue weighted by Crippen LogP contribution is -2.48. The Morgan fingerprint density at radius 2 is 2.00 bits per heavy atom. The topological polar surface area (TPSA) is 53.5 Å². The van der Waals surface area contributed by atoms with Crippen LogP contribution in [0, 0.1) is 6.92 Å². The number of aromatic nitrogens is 1. The molecule has 0 radical (unpaired) electrons. The molecule has 114 valence electrons. The van der Waals surface area contributed by atoms with Crippen LogP contribution in [0.3, 0.4) is 0 Å². The first-order valence-electron chi connectivity index (χ1n) is 6.39. The highest BCUT2D eigenvalue weighted by Crippen LogP contribution is 2.33. The summed E-state index contributed by atoms with van der Waals surface area (Å²) in [5.41, 5.74) is 0.958. The maximum Gasteiger partial charge on any atom is 0.252 e. The Kier molecular flexibility index (Phi) is 4.37. The molecule has 0 N–H and O–H groups in total. The second-order valence-electron chi connectivity index (χ2n) is 4.73. The van der Waals surface area contributed by atoms with Gasteiger partial charge in [0.1, 0.15) is 4.21 Å². The van der Waals surface area contributed by atoms with Gasteiger partial charge in [-0.05, 0) is 34.5 Å². The van der Waals surface area contributed by atoms with Gasteiger partial charge in [-0.15, -0.1) is 22.7 Å². The van der Waals surface area contributed by atoms with Crippen LogP contribution < -0.4 is 4.90 Å². The fourth-order valence-corrected chi connectivity index (χ4v) is 6.68. The van der Waals surface area contributed by atoms with E-state index in [1.165, 1.54) is 11.3 Å². The molecule has 0 aromatic carbocycles. The smallest absolute Gasteiger partial charge is 0.252 e. The highest BCUT2D eigenvalue weighted by molar-refractivity contribution is 9.11. The van der Waals surface area contributed by atoms with Crippen molar-refractivity contribution in [1.82, 2.24) is 9.29 Å². The molecule has 2 aromatic rings. The van der Waals surface area contributed by atoms with Crippen LogP contribution in [0.4, 0.5) is 5.13 Å². The fraction of sp³-hybridized carbons (Fsp3) is 0.417. The van der Waals surface area contributed by atoms with E-state index in [4.69, 9.17) is 0 Å². The van der Waals surface area contributed by atoms with E-state index in [0.29, 0.717) is 30.4 Å². The van der Waals surface area contributed by atoms with Crippen molar-refractivity contribution in [3.05, 3.63) is 27.0 Å². The van der Waals surface area contributed by atoms with Gasteiger partial charge in [0.2, 0.25) is 0 Å². The molecule has 0 bridgehead atoms. The van der Waals surface area contributed by atoms with Gasteiger partial charge in [0.25, 0.3) is 10.0 Å². The molecule has 0 atom stereocenters. The number of rotatable bonds is 3. The van der Waals surface area contributed by atoms with Crippen molar-refractivity contribution in [1.29, 1.82) is 0 Å². The molecule has 9 heteroatoms. The molecule has 1 aliphatic heterocycles. The van der Waals surface area contributed by atoms with Gasteiger partial charge >= 0.3 is 0 Å². The van der Waals surface area contributed by atoms with Crippen molar-refractivity contribution in [3.63, 3.8) is 0 Å². The molecule has 0 unspecified atom stereocenters. The molecule has 1 aliphatic rings. The third kappa shape index (κ3) is 3.02. The average Bonchev–Trinajstić information content (AvgIpc) is 3.10. The van der Waals surface area contributed by atoms with Crippen molar-refractivity contribution in [2.24, 2.45) is 0 Å². The van der Waals surface area contributed by atoms with E-state index in [2.05, 4.69) is 25.8 Å². The zero-order valence-corrected chi connectivity index (χ0v) is 15.4. The van der Waals surface area contributed by atoms with Crippen LogP contribution in [0.5, 0.6) is 0 Å². The van der Waals surface area contributed by atoms with Crippen LogP contribution in [-0.2, 0) is 10.0 Å². The van der Waals surface area contributed by atoms with Crippen molar-refractivity contribution in [2.45, 2.75) is 11.1 Å². The van der Waals surface area contributed by atoms with E-state index >= 15 is 0 Å². The summed E-state index contributed by atoms with van der Waals surface area (Å²) in [5, 5.41) is 2.89. The molecule has 1 fully saturated rings.